The van der Waals surface area contributed by atoms with Crippen molar-refractivity contribution in [3.8, 4) is 27.9 Å². The van der Waals surface area contributed by atoms with Crippen LogP contribution >= 0.6 is 0 Å². The van der Waals surface area contributed by atoms with Crippen LogP contribution in [0.5, 0.6) is 0 Å². The minimum Gasteiger partial charge on any atom is -0.309 e. The maximum absolute atomic E-state index is 14.4. The molecule has 4 nitrogen and oxygen atoms in total. The van der Waals surface area contributed by atoms with E-state index in [1.807, 2.05) is 60.7 Å². The molecule has 0 amide bonds. The van der Waals surface area contributed by atoms with Crippen molar-refractivity contribution in [2.24, 2.45) is 0 Å². The topological polar surface area (TPSA) is 43.5 Å². The van der Waals surface area contributed by atoms with E-state index in [0.29, 0.717) is 27.1 Å². The SMILES string of the molecule is O=c1c2ccc(-c3ccccc3)cc2n2c3cc4c5ccccc5n(-c5ccc(-c6ccccc6)cc5)c4cc3c(=O)c3cccc1c32. The fraction of sp³-hybridized carbons (Fsp3) is 0. The molecular weight excluding hydrogens is 588 g/mol. The average Bonchev–Trinajstić information content (AvgIpc) is 3.48. The van der Waals surface area contributed by atoms with Gasteiger partial charge in [0.05, 0.1) is 27.6 Å². The van der Waals surface area contributed by atoms with Crippen LogP contribution in [0.4, 0.5) is 0 Å². The third-order valence-corrected chi connectivity index (χ3v) is 9.85. The Kier molecular flexibility index (Phi) is 5.55. The Bertz CT molecular complexity index is 3010. The van der Waals surface area contributed by atoms with Gasteiger partial charge in [-0.25, -0.2) is 0 Å². The van der Waals surface area contributed by atoms with Crippen molar-refractivity contribution >= 4 is 59.9 Å². The van der Waals surface area contributed by atoms with Crippen molar-refractivity contribution in [3.63, 3.8) is 0 Å². The van der Waals surface area contributed by atoms with Crippen molar-refractivity contribution < 1.29 is 0 Å². The number of aromatic nitrogens is 2. The van der Waals surface area contributed by atoms with E-state index in [1.54, 1.807) is 0 Å². The van der Waals surface area contributed by atoms with E-state index in [1.165, 1.54) is 5.56 Å². The summed E-state index contributed by atoms with van der Waals surface area (Å²) in [4.78, 5) is 28.3. The Morgan fingerprint density at radius 1 is 0.333 bits per heavy atom. The van der Waals surface area contributed by atoms with Gasteiger partial charge in [-0.15, -0.1) is 0 Å². The van der Waals surface area contributed by atoms with Crippen molar-refractivity contribution in [1.29, 1.82) is 0 Å². The number of pyridine rings is 2. The van der Waals surface area contributed by atoms with Gasteiger partial charge < -0.3 is 8.97 Å². The third-order valence-electron chi connectivity index (χ3n) is 9.85. The Morgan fingerprint density at radius 2 is 0.875 bits per heavy atom. The first-order valence-corrected chi connectivity index (χ1v) is 16.1. The van der Waals surface area contributed by atoms with E-state index < -0.39 is 0 Å². The van der Waals surface area contributed by atoms with E-state index >= 15 is 0 Å². The fourth-order valence-electron chi connectivity index (χ4n) is 7.61. The second-order valence-electron chi connectivity index (χ2n) is 12.4. The maximum atomic E-state index is 14.4. The zero-order chi connectivity index (χ0) is 31.9. The molecule has 0 aliphatic carbocycles. The minimum atomic E-state index is -0.0771. The second kappa shape index (κ2) is 9.99. The maximum Gasteiger partial charge on any atom is 0.197 e. The van der Waals surface area contributed by atoms with Crippen molar-refractivity contribution in [2.45, 2.75) is 0 Å². The summed E-state index contributed by atoms with van der Waals surface area (Å²) in [5.41, 5.74) is 9.53. The van der Waals surface area contributed by atoms with Gasteiger partial charge in [-0.2, -0.15) is 0 Å². The van der Waals surface area contributed by atoms with Crippen molar-refractivity contribution in [1.82, 2.24) is 8.97 Å². The normalized spacial score (nSPS) is 11.9. The number of fused-ring (bicyclic) bond motifs is 7. The summed E-state index contributed by atoms with van der Waals surface area (Å²) in [6, 6.07) is 53.3. The van der Waals surface area contributed by atoms with Crippen LogP contribution in [0.25, 0.3) is 87.8 Å². The molecule has 0 fully saturated rings. The quantitative estimate of drug-likeness (QED) is 0.147. The third kappa shape index (κ3) is 3.71. The van der Waals surface area contributed by atoms with Gasteiger partial charge in [0.25, 0.3) is 0 Å². The highest BCUT2D eigenvalue weighted by Crippen LogP contribution is 2.37. The first-order chi connectivity index (χ1) is 23.7. The molecule has 48 heavy (non-hydrogen) atoms. The lowest BCUT2D eigenvalue weighted by Crippen LogP contribution is -2.14. The fourth-order valence-corrected chi connectivity index (χ4v) is 7.61. The van der Waals surface area contributed by atoms with Crippen LogP contribution in [-0.2, 0) is 0 Å². The summed E-state index contributed by atoms with van der Waals surface area (Å²) < 4.78 is 4.39. The van der Waals surface area contributed by atoms with Crippen LogP contribution in [0.15, 0.2) is 167 Å². The molecule has 0 bridgehead atoms. The van der Waals surface area contributed by atoms with Gasteiger partial charge in [0.1, 0.15) is 0 Å². The predicted octanol–water partition coefficient (Wildman–Crippen LogP) is 9.99. The smallest absolute Gasteiger partial charge is 0.197 e. The molecule has 0 unspecified atom stereocenters. The number of hydrogen-bond acceptors (Lipinski definition) is 2. The molecule has 3 aromatic heterocycles. The zero-order valence-electron chi connectivity index (χ0n) is 25.7. The molecule has 0 N–H and O–H groups in total. The van der Waals surface area contributed by atoms with Gasteiger partial charge in [-0.1, -0.05) is 103 Å². The van der Waals surface area contributed by atoms with Crippen LogP contribution in [0.1, 0.15) is 0 Å². The first kappa shape index (κ1) is 26.7. The van der Waals surface area contributed by atoms with E-state index in [0.717, 1.165) is 55.2 Å². The second-order valence-corrected chi connectivity index (χ2v) is 12.4. The Morgan fingerprint density at radius 3 is 1.60 bits per heavy atom. The van der Waals surface area contributed by atoms with Crippen LogP contribution in [0, 0.1) is 0 Å². The van der Waals surface area contributed by atoms with E-state index in [2.05, 4.69) is 106 Å². The Balaban J connectivity index is 1.34. The van der Waals surface area contributed by atoms with E-state index in [9.17, 15) is 9.59 Å². The molecule has 3 heterocycles. The summed E-state index contributed by atoms with van der Waals surface area (Å²) >= 11 is 0. The summed E-state index contributed by atoms with van der Waals surface area (Å²) in [6.45, 7) is 0. The lowest BCUT2D eigenvalue weighted by Gasteiger charge is -2.16. The molecule has 0 spiro atoms. The predicted molar refractivity (Wildman–Crippen MR) is 199 cm³/mol. The Hall–Kier alpha value is -6.52. The molecule has 4 heteroatoms. The highest BCUT2D eigenvalue weighted by Gasteiger charge is 2.20. The van der Waals surface area contributed by atoms with Crippen LogP contribution in [0.2, 0.25) is 0 Å². The minimum absolute atomic E-state index is 0.0643. The lowest BCUT2D eigenvalue weighted by molar-refractivity contribution is 1.18. The molecule has 0 aliphatic rings. The summed E-state index contributed by atoms with van der Waals surface area (Å²) in [5.74, 6) is 0. The number of nitrogens with zero attached hydrogens (tertiary/aromatic N) is 2. The van der Waals surface area contributed by atoms with Crippen molar-refractivity contribution in [2.75, 3.05) is 0 Å². The number of rotatable bonds is 3. The zero-order valence-corrected chi connectivity index (χ0v) is 25.7. The molecule has 224 valence electrons. The monoisotopic (exact) mass is 614 g/mol. The number of hydrogen-bond donors (Lipinski definition) is 0. The molecule has 0 saturated carbocycles. The molecule has 10 aromatic rings. The van der Waals surface area contributed by atoms with Crippen molar-refractivity contribution in [3.05, 3.63) is 178 Å². The van der Waals surface area contributed by atoms with Gasteiger partial charge in [0.2, 0.25) is 0 Å². The van der Waals surface area contributed by atoms with E-state index in [-0.39, 0.29) is 10.9 Å². The van der Waals surface area contributed by atoms with Gasteiger partial charge in [0.15, 0.2) is 10.9 Å². The average molecular weight is 615 g/mol. The van der Waals surface area contributed by atoms with Crippen LogP contribution in [0.3, 0.4) is 0 Å². The standard InChI is InChI=1S/C44H26N2O2/c47-43-33-23-20-30(28-12-5-2-6-13-28)24-39(33)46-41-25-36-32-14-7-8-17-38(32)45(31-21-18-29(19-22-31)27-10-3-1-4-11-27)40(36)26-37(41)44(48)35-16-9-15-34(43)42(35)46/h1-26H. The molecule has 10 rings (SSSR count). The molecule has 7 aromatic carbocycles. The van der Waals surface area contributed by atoms with Gasteiger partial charge in [-0.3, -0.25) is 9.59 Å². The van der Waals surface area contributed by atoms with E-state index in [4.69, 9.17) is 0 Å². The summed E-state index contributed by atoms with van der Waals surface area (Å²) in [6.07, 6.45) is 0. The first-order valence-electron chi connectivity index (χ1n) is 16.1. The molecular formula is C44H26N2O2. The highest BCUT2D eigenvalue weighted by molar-refractivity contribution is 6.16. The largest absolute Gasteiger partial charge is 0.309 e. The summed E-state index contributed by atoms with van der Waals surface area (Å²) in [5, 5.41) is 4.47. The molecule has 0 radical (unpaired) electrons. The molecule has 0 atom stereocenters. The Labute approximate surface area is 274 Å². The van der Waals surface area contributed by atoms with Crippen LogP contribution < -0.4 is 10.9 Å². The van der Waals surface area contributed by atoms with Crippen LogP contribution in [-0.4, -0.2) is 8.97 Å². The van der Waals surface area contributed by atoms with Gasteiger partial charge in [0, 0.05) is 38.0 Å². The number of para-hydroxylation sites is 2. The summed E-state index contributed by atoms with van der Waals surface area (Å²) in [7, 11) is 0. The number of benzene rings is 7. The highest BCUT2D eigenvalue weighted by atomic mass is 16.1. The molecule has 0 aliphatic heterocycles. The van der Waals surface area contributed by atoms with Gasteiger partial charge >= 0.3 is 0 Å². The molecule has 0 saturated heterocycles. The van der Waals surface area contributed by atoms with Gasteiger partial charge in [-0.05, 0) is 76.9 Å². The lowest BCUT2D eigenvalue weighted by atomic mass is 9.99.